The van der Waals surface area contributed by atoms with Gasteiger partial charge in [-0.15, -0.1) is 0 Å². The Morgan fingerprint density at radius 1 is 1.13 bits per heavy atom. The van der Waals surface area contributed by atoms with E-state index < -0.39 is 0 Å². The molecule has 2 saturated heterocycles. The minimum Gasteiger partial charge on any atom is -0.311 e. The maximum Gasteiger partial charge on any atom is 0.0178 e. The predicted molar refractivity (Wildman–Crippen MR) is 66.1 cm³/mol. The number of piperidine rings is 1. The van der Waals surface area contributed by atoms with Gasteiger partial charge in [-0.1, -0.05) is 28.1 Å². The van der Waals surface area contributed by atoms with Gasteiger partial charge >= 0.3 is 0 Å². The van der Waals surface area contributed by atoms with Gasteiger partial charge in [0.15, 0.2) is 0 Å². The highest BCUT2D eigenvalue weighted by Gasteiger charge is 2.33. The third kappa shape index (κ3) is 1.98. The van der Waals surface area contributed by atoms with Crippen LogP contribution in [0.15, 0.2) is 28.7 Å². The zero-order chi connectivity index (χ0) is 10.3. The van der Waals surface area contributed by atoms with Crippen molar-refractivity contribution in [3.05, 3.63) is 34.3 Å². The summed E-state index contributed by atoms with van der Waals surface area (Å²) < 4.78 is 1.21. The molecule has 80 valence electrons. The highest BCUT2D eigenvalue weighted by atomic mass is 79.9. The van der Waals surface area contributed by atoms with Gasteiger partial charge in [-0.2, -0.15) is 0 Å². The molecule has 1 aromatic rings. The Bertz CT molecular complexity index is 351. The second-order valence-corrected chi connectivity index (χ2v) is 5.78. The molecule has 0 aliphatic carbocycles. The minimum absolute atomic E-state index is 0.779. The molecule has 2 heteroatoms. The second kappa shape index (κ2) is 3.91. The van der Waals surface area contributed by atoms with E-state index in [1.54, 1.807) is 0 Å². The summed E-state index contributed by atoms with van der Waals surface area (Å²) in [5, 5.41) is 3.69. The number of halogens is 1. The number of hydrogen-bond acceptors (Lipinski definition) is 1. The average Bonchev–Trinajstić information content (AvgIpc) is 2.58. The molecule has 2 aliphatic heterocycles. The smallest absolute Gasteiger partial charge is 0.0178 e. The summed E-state index contributed by atoms with van der Waals surface area (Å²) >= 11 is 3.56. The normalized spacial score (nSPS) is 34.3. The van der Waals surface area contributed by atoms with E-state index in [0.29, 0.717) is 0 Å². The molecule has 0 radical (unpaired) electrons. The first-order chi connectivity index (χ1) is 7.31. The van der Waals surface area contributed by atoms with E-state index in [9.17, 15) is 0 Å². The molecule has 0 amide bonds. The third-order valence-electron chi connectivity index (χ3n) is 3.79. The van der Waals surface area contributed by atoms with Crippen molar-refractivity contribution in [3.8, 4) is 0 Å². The van der Waals surface area contributed by atoms with Crippen LogP contribution in [0.25, 0.3) is 0 Å². The molecular formula is C13H16BrN. The number of hydrogen-bond donors (Lipinski definition) is 1. The maximum absolute atomic E-state index is 3.69. The van der Waals surface area contributed by atoms with Crippen molar-refractivity contribution in [2.24, 2.45) is 0 Å². The van der Waals surface area contributed by atoms with Gasteiger partial charge in [0.2, 0.25) is 0 Å². The number of nitrogens with one attached hydrogen (secondary N) is 1. The molecule has 3 rings (SSSR count). The molecule has 2 bridgehead atoms. The summed E-state index contributed by atoms with van der Waals surface area (Å²) in [6, 6.07) is 10.4. The topological polar surface area (TPSA) is 12.0 Å². The standard InChI is InChI=1S/C13H16BrN/c14-11-3-1-2-9(6-11)10-7-12-4-5-13(8-10)15-12/h1-3,6,10,12-13,15H,4-5,7-8H2. The lowest BCUT2D eigenvalue weighted by Crippen LogP contribution is -2.37. The van der Waals surface area contributed by atoms with Gasteiger partial charge < -0.3 is 5.32 Å². The SMILES string of the molecule is Brc1cccc(C2CC3CCC(C2)N3)c1. The van der Waals surface area contributed by atoms with Crippen LogP contribution in [0.2, 0.25) is 0 Å². The Morgan fingerprint density at radius 2 is 1.87 bits per heavy atom. The van der Waals surface area contributed by atoms with E-state index >= 15 is 0 Å². The van der Waals surface area contributed by atoms with E-state index in [-0.39, 0.29) is 0 Å². The van der Waals surface area contributed by atoms with Gasteiger partial charge in [-0.25, -0.2) is 0 Å². The van der Waals surface area contributed by atoms with Crippen LogP contribution < -0.4 is 5.32 Å². The van der Waals surface area contributed by atoms with Crippen LogP contribution in [0.3, 0.4) is 0 Å². The zero-order valence-electron chi connectivity index (χ0n) is 8.75. The predicted octanol–water partition coefficient (Wildman–Crippen LogP) is 3.45. The average molecular weight is 266 g/mol. The Hall–Kier alpha value is -0.340. The molecule has 2 unspecified atom stereocenters. The quantitative estimate of drug-likeness (QED) is 0.821. The fraction of sp³-hybridized carbons (Fsp3) is 0.538. The van der Waals surface area contributed by atoms with Crippen LogP contribution in [0.4, 0.5) is 0 Å². The van der Waals surface area contributed by atoms with Crippen molar-refractivity contribution in [3.63, 3.8) is 0 Å². The monoisotopic (exact) mass is 265 g/mol. The van der Waals surface area contributed by atoms with Crippen LogP contribution >= 0.6 is 15.9 Å². The van der Waals surface area contributed by atoms with Gasteiger partial charge in [-0.05, 0) is 49.3 Å². The third-order valence-corrected chi connectivity index (χ3v) is 4.29. The van der Waals surface area contributed by atoms with Crippen molar-refractivity contribution in [2.75, 3.05) is 0 Å². The van der Waals surface area contributed by atoms with E-state index in [2.05, 4.69) is 45.5 Å². The molecule has 1 N–H and O–H groups in total. The lowest BCUT2D eigenvalue weighted by atomic mass is 9.86. The van der Waals surface area contributed by atoms with E-state index in [4.69, 9.17) is 0 Å². The fourth-order valence-corrected chi connectivity index (χ4v) is 3.51. The molecule has 2 fully saturated rings. The highest BCUT2D eigenvalue weighted by molar-refractivity contribution is 9.10. The van der Waals surface area contributed by atoms with Crippen molar-refractivity contribution in [2.45, 2.75) is 43.7 Å². The van der Waals surface area contributed by atoms with Crippen LogP contribution in [0.1, 0.15) is 37.2 Å². The summed E-state index contributed by atoms with van der Waals surface area (Å²) in [5.74, 6) is 0.779. The van der Waals surface area contributed by atoms with Gasteiger partial charge in [0, 0.05) is 16.6 Å². The molecule has 15 heavy (non-hydrogen) atoms. The number of rotatable bonds is 1. The van der Waals surface area contributed by atoms with Gasteiger partial charge in [-0.3, -0.25) is 0 Å². The summed E-state index contributed by atoms with van der Waals surface area (Å²) in [6.45, 7) is 0. The summed E-state index contributed by atoms with van der Waals surface area (Å²) in [7, 11) is 0. The molecule has 0 aromatic heterocycles. The minimum atomic E-state index is 0.779. The fourth-order valence-electron chi connectivity index (χ4n) is 3.09. The first-order valence-corrected chi connectivity index (χ1v) is 6.62. The summed E-state index contributed by atoms with van der Waals surface area (Å²) in [4.78, 5) is 0. The van der Waals surface area contributed by atoms with Crippen molar-refractivity contribution < 1.29 is 0 Å². The van der Waals surface area contributed by atoms with Crippen molar-refractivity contribution in [1.29, 1.82) is 0 Å². The Kier molecular flexibility index (Phi) is 2.57. The van der Waals surface area contributed by atoms with Gasteiger partial charge in [0.25, 0.3) is 0 Å². The van der Waals surface area contributed by atoms with Crippen LogP contribution in [-0.4, -0.2) is 12.1 Å². The molecule has 1 nitrogen and oxygen atoms in total. The Labute approximate surface area is 99.4 Å². The van der Waals surface area contributed by atoms with Crippen molar-refractivity contribution >= 4 is 15.9 Å². The maximum atomic E-state index is 3.69. The van der Waals surface area contributed by atoms with E-state index in [1.807, 2.05) is 0 Å². The molecule has 1 aromatic carbocycles. The largest absolute Gasteiger partial charge is 0.311 e. The number of benzene rings is 1. The summed E-state index contributed by atoms with van der Waals surface area (Å²) in [5.41, 5.74) is 1.52. The highest BCUT2D eigenvalue weighted by Crippen LogP contribution is 2.37. The lowest BCUT2D eigenvalue weighted by Gasteiger charge is -2.29. The first kappa shape index (κ1) is 9.86. The van der Waals surface area contributed by atoms with Gasteiger partial charge in [0.05, 0.1) is 0 Å². The Balaban J connectivity index is 1.83. The molecule has 0 spiro atoms. The molecule has 2 aliphatic rings. The van der Waals surface area contributed by atoms with Gasteiger partial charge in [0.1, 0.15) is 0 Å². The van der Waals surface area contributed by atoms with Crippen LogP contribution in [0.5, 0.6) is 0 Å². The van der Waals surface area contributed by atoms with Crippen LogP contribution in [-0.2, 0) is 0 Å². The second-order valence-electron chi connectivity index (χ2n) is 4.86. The van der Waals surface area contributed by atoms with Crippen LogP contribution in [0, 0.1) is 0 Å². The first-order valence-electron chi connectivity index (χ1n) is 5.83. The van der Waals surface area contributed by atoms with Crippen molar-refractivity contribution in [1.82, 2.24) is 5.32 Å². The molecular weight excluding hydrogens is 250 g/mol. The van der Waals surface area contributed by atoms with E-state index in [0.717, 1.165) is 18.0 Å². The number of fused-ring (bicyclic) bond motifs is 2. The Morgan fingerprint density at radius 3 is 2.53 bits per heavy atom. The summed E-state index contributed by atoms with van der Waals surface area (Å²) in [6.07, 6.45) is 5.42. The molecule has 2 atom stereocenters. The lowest BCUT2D eigenvalue weighted by molar-refractivity contribution is 0.363. The molecule has 2 heterocycles. The molecule has 0 saturated carbocycles. The van der Waals surface area contributed by atoms with E-state index in [1.165, 1.54) is 35.7 Å². The zero-order valence-corrected chi connectivity index (χ0v) is 10.3.